The van der Waals surface area contributed by atoms with Gasteiger partial charge in [0.15, 0.2) is 0 Å². The van der Waals surface area contributed by atoms with Crippen LogP contribution in [-0.2, 0) is 0 Å². The van der Waals surface area contributed by atoms with Crippen LogP contribution < -0.4 is 5.46 Å². The maximum Gasteiger partial charge on any atom is 0.512 e. The molecule has 80 valence electrons. The smallest absolute Gasteiger partial charge is 0.445 e. The second kappa shape index (κ2) is 3.52. The van der Waals surface area contributed by atoms with E-state index in [-0.39, 0.29) is 0 Å². The van der Waals surface area contributed by atoms with E-state index in [0.717, 1.165) is 6.07 Å². The molecular formula is C10H5BF3N2-. The predicted molar refractivity (Wildman–Crippen MR) is 55.2 cm³/mol. The molecular weight excluding hydrogens is 216 g/mol. The molecule has 0 unspecified atom stereocenters. The van der Waals surface area contributed by atoms with E-state index in [0.29, 0.717) is 10.9 Å². The molecule has 2 rings (SSSR count). The molecule has 0 saturated carbocycles. The van der Waals surface area contributed by atoms with Crippen LogP contribution in [0.4, 0.5) is 12.9 Å². The van der Waals surface area contributed by atoms with Crippen LogP contribution >= 0.6 is 0 Å². The summed E-state index contributed by atoms with van der Waals surface area (Å²) in [6, 6.07) is 8.85. The van der Waals surface area contributed by atoms with Gasteiger partial charge in [-0.3, -0.25) is 0 Å². The number of rotatable bonds is 1. The Morgan fingerprint density at radius 3 is 2.50 bits per heavy atom. The number of halogens is 3. The maximum atomic E-state index is 12.6. The summed E-state index contributed by atoms with van der Waals surface area (Å²) in [6.45, 7) is -5.20. The van der Waals surface area contributed by atoms with E-state index in [1.54, 1.807) is 18.2 Å². The fourth-order valence-corrected chi connectivity index (χ4v) is 1.47. The predicted octanol–water partition coefficient (Wildman–Crippen LogP) is 2.16. The van der Waals surface area contributed by atoms with Gasteiger partial charge in [-0.25, -0.2) is 4.98 Å². The number of pyridine rings is 1. The van der Waals surface area contributed by atoms with Crippen LogP contribution in [0.15, 0.2) is 30.3 Å². The second-order valence-electron chi connectivity index (χ2n) is 3.31. The Labute approximate surface area is 89.4 Å². The van der Waals surface area contributed by atoms with Gasteiger partial charge in [0.1, 0.15) is 11.8 Å². The fourth-order valence-electron chi connectivity index (χ4n) is 1.47. The first-order chi connectivity index (χ1) is 7.52. The number of hydrogen-bond acceptors (Lipinski definition) is 2. The quantitative estimate of drug-likeness (QED) is 0.691. The standard InChI is InChI=1S/C10H5BF3N2/c12-11(13,14)8-5-7-3-1-2-4-9(7)16-10(8)6-15/h1-5H/q-1. The summed E-state index contributed by atoms with van der Waals surface area (Å²) in [7, 11) is 0. The number of nitriles is 1. The molecule has 1 heterocycles. The van der Waals surface area contributed by atoms with Crippen LogP contribution in [0.25, 0.3) is 10.9 Å². The van der Waals surface area contributed by atoms with Crippen molar-refractivity contribution in [1.82, 2.24) is 4.98 Å². The number of para-hydroxylation sites is 1. The van der Waals surface area contributed by atoms with E-state index in [4.69, 9.17) is 5.26 Å². The number of benzene rings is 1. The van der Waals surface area contributed by atoms with E-state index in [1.807, 2.05) is 0 Å². The van der Waals surface area contributed by atoms with E-state index < -0.39 is 18.1 Å². The fraction of sp³-hybridized carbons (Fsp3) is 0. The first-order valence-corrected chi connectivity index (χ1v) is 4.52. The largest absolute Gasteiger partial charge is 0.512 e. The number of fused-ring (bicyclic) bond motifs is 1. The summed E-state index contributed by atoms with van der Waals surface area (Å²) in [5.41, 5.74) is -1.10. The molecule has 0 aliphatic heterocycles. The molecule has 0 aliphatic rings. The lowest BCUT2D eigenvalue weighted by Crippen LogP contribution is -2.37. The Balaban J connectivity index is 2.79. The molecule has 2 aromatic rings. The molecule has 0 saturated heterocycles. The number of hydrogen-bond donors (Lipinski definition) is 0. The Hall–Kier alpha value is -2.03. The van der Waals surface area contributed by atoms with Crippen LogP contribution in [0.5, 0.6) is 0 Å². The van der Waals surface area contributed by atoms with Crippen LogP contribution in [0.2, 0.25) is 0 Å². The Kier molecular flexibility index (Phi) is 2.31. The van der Waals surface area contributed by atoms with Crippen molar-refractivity contribution in [1.29, 1.82) is 5.26 Å². The lowest BCUT2D eigenvalue weighted by atomic mass is 9.78. The van der Waals surface area contributed by atoms with Crippen molar-refractivity contribution in [3.63, 3.8) is 0 Å². The highest BCUT2D eigenvalue weighted by atomic mass is 19.4. The van der Waals surface area contributed by atoms with Crippen LogP contribution in [0, 0.1) is 11.3 Å². The van der Waals surface area contributed by atoms with Crippen molar-refractivity contribution in [2.75, 3.05) is 0 Å². The molecule has 16 heavy (non-hydrogen) atoms. The zero-order valence-electron chi connectivity index (χ0n) is 7.99. The molecule has 1 aromatic carbocycles. The molecule has 0 radical (unpaired) electrons. The summed E-state index contributed by atoms with van der Waals surface area (Å²) >= 11 is 0. The number of nitrogens with zero attached hydrogens (tertiary/aromatic N) is 2. The monoisotopic (exact) mass is 221 g/mol. The average molecular weight is 221 g/mol. The summed E-state index contributed by atoms with van der Waals surface area (Å²) in [4.78, 5) is 3.69. The van der Waals surface area contributed by atoms with Gasteiger partial charge >= 0.3 is 6.98 Å². The van der Waals surface area contributed by atoms with Gasteiger partial charge in [0, 0.05) is 0 Å². The Bertz CT molecular complexity index is 587. The van der Waals surface area contributed by atoms with Crippen LogP contribution in [0.1, 0.15) is 5.69 Å². The van der Waals surface area contributed by atoms with Crippen molar-refractivity contribution >= 4 is 23.3 Å². The van der Waals surface area contributed by atoms with Crippen molar-refractivity contribution in [2.24, 2.45) is 0 Å². The molecule has 6 heteroatoms. The van der Waals surface area contributed by atoms with Gasteiger partial charge in [0.25, 0.3) is 0 Å². The molecule has 1 aromatic heterocycles. The molecule has 0 bridgehead atoms. The minimum Gasteiger partial charge on any atom is -0.445 e. The first kappa shape index (κ1) is 10.5. The van der Waals surface area contributed by atoms with Gasteiger partial charge in [-0.15, -0.1) is 0 Å². The van der Waals surface area contributed by atoms with Crippen molar-refractivity contribution < 1.29 is 12.9 Å². The minimum atomic E-state index is -5.20. The number of aromatic nitrogens is 1. The maximum absolute atomic E-state index is 12.6. The van der Waals surface area contributed by atoms with Gasteiger partial charge in [-0.2, -0.15) is 5.26 Å². The summed E-state index contributed by atoms with van der Waals surface area (Å²) in [5, 5.41) is 9.02. The highest BCUT2D eigenvalue weighted by Crippen LogP contribution is 2.16. The first-order valence-electron chi connectivity index (χ1n) is 4.52. The molecule has 0 N–H and O–H groups in total. The van der Waals surface area contributed by atoms with Crippen molar-refractivity contribution in [3.8, 4) is 6.07 Å². The minimum absolute atomic E-state index is 0.385. The molecule has 0 fully saturated rings. The molecule has 0 spiro atoms. The third-order valence-electron chi connectivity index (χ3n) is 2.21. The topological polar surface area (TPSA) is 36.7 Å². The van der Waals surface area contributed by atoms with Crippen molar-refractivity contribution in [3.05, 3.63) is 36.0 Å². The van der Waals surface area contributed by atoms with Gasteiger partial charge in [0.05, 0.1) is 5.52 Å². The van der Waals surface area contributed by atoms with Gasteiger partial charge < -0.3 is 12.9 Å². The highest BCUT2D eigenvalue weighted by Gasteiger charge is 2.29. The SMILES string of the molecule is N#Cc1nc2ccccc2cc1[B-](F)(F)F. The lowest BCUT2D eigenvalue weighted by Gasteiger charge is -2.16. The molecule has 2 nitrogen and oxygen atoms in total. The summed E-state index contributed by atoms with van der Waals surface area (Å²) in [6.07, 6.45) is 0. The van der Waals surface area contributed by atoms with Crippen LogP contribution in [-0.4, -0.2) is 12.0 Å². The zero-order valence-corrected chi connectivity index (χ0v) is 7.99. The average Bonchev–Trinajstić information content (AvgIpc) is 2.26. The highest BCUT2D eigenvalue weighted by molar-refractivity contribution is 6.74. The van der Waals surface area contributed by atoms with Crippen LogP contribution in [0.3, 0.4) is 0 Å². The van der Waals surface area contributed by atoms with Gasteiger partial charge in [-0.05, 0) is 11.5 Å². The summed E-state index contributed by atoms with van der Waals surface area (Å²) in [5.74, 6) is 0. The normalized spacial score (nSPS) is 11.4. The van der Waals surface area contributed by atoms with Crippen molar-refractivity contribution in [2.45, 2.75) is 0 Å². The molecule has 0 atom stereocenters. The van der Waals surface area contributed by atoms with E-state index in [2.05, 4.69) is 4.98 Å². The van der Waals surface area contributed by atoms with E-state index in [1.165, 1.54) is 12.1 Å². The Morgan fingerprint density at radius 2 is 1.88 bits per heavy atom. The molecule has 0 aliphatic carbocycles. The second-order valence-corrected chi connectivity index (χ2v) is 3.31. The molecule has 0 amide bonds. The lowest BCUT2D eigenvalue weighted by molar-refractivity contribution is 0.500. The zero-order chi connectivity index (χ0) is 11.8. The van der Waals surface area contributed by atoms with E-state index >= 15 is 0 Å². The van der Waals surface area contributed by atoms with Gasteiger partial charge in [0.2, 0.25) is 0 Å². The summed E-state index contributed by atoms with van der Waals surface area (Å²) < 4.78 is 37.9. The van der Waals surface area contributed by atoms with E-state index in [9.17, 15) is 12.9 Å². The third-order valence-corrected chi connectivity index (χ3v) is 2.21. The Morgan fingerprint density at radius 1 is 1.19 bits per heavy atom. The third kappa shape index (κ3) is 1.72. The van der Waals surface area contributed by atoms with Gasteiger partial charge in [-0.1, -0.05) is 29.7 Å².